The van der Waals surface area contributed by atoms with Crippen LogP contribution in [-0.2, 0) is 0 Å². The third kappa shape index (κ3) is 13.9. The number of benzene rings is 12. The van der Waals surface area contributed by atoms with Crippen LogP contribution in [-0.4, -0.2) is 95.1 Å². The summed E-state index contributed by atoms with van der Waals surface area (Å²) >= 11 is 0. The van der Waals surface area contributed by atoms with Gasteiger partial charge in [-0.15, -0.1) is 0 Å². The van der Waals surface area contributed by atoms with Gasteiger partial charge in [-0.3, -0.25) is 9.97 Å². The minimum Gasteiger partial charge on any atom is -0.423 e. The number of fused-ring (bicyclic) bond motifs is 9. The van der Waals surface area contributed by atoms with Crippen LogP contribution in [0.1, 0.15) is 0 Å². The number of pyridine rings is 4. The van der Waals surface area contributed by atoms with Crippen LogP contribution in [0.5, 0.6) is 0 Å². The van der Waals surface area contributed by atoms with Gasteiger partial charge < -0.3 is 43.8 Å². The number of nitrogens with zero attached hydrogens (tertiary/aromatic N) is 9. The van der Waals surface area contributed by atoms with E-state index in [1.165, 1.54) is 0 Å². The van der Waals surface area contributed by atoms with Crippen molar-refractivity contribution < 1.29 is 30.1 Å². The third-order valence-corrected chi connectivity index (χ3v) is 20.6. The maximum absolute atomic E-state index is 10.1. The SMILES string of the molecule is OB(O)c1cccc2c1c1ccccc1n2-c1cc(-c2ccccn2)nc(-c2ccccn2)c1.OB(O)c1cccc2c1c1ccccc1n2-c1ccc(-c2cc(-c3ccccc3)nc(-c3ccccc3)c2)cc1.OB(O)c1cccc2c1c1ccccc1n2-c1ccc(-c2cc(-c3ccccc3)nc(-c3ccccc3)n2)cc1. The molecule has 0 spiro atoms. The highest BCUT2D eigenvalue weighted by molar-refractivity contribution is 6.64. The van der Waals surface area contributed by atoms with Gasteiger partial charge in [-0.1, -0.05) is 249 Å². The van der Waals surface area contributed by atoms with Crippen molar-refractivity contribution >= 4 is 103 Å². The molecule has 542 valence electrons. The maximum atomic E-state index is 10.1. The molecule has 0 amide bonds. The molecule has 18 heteroatoms. The molecule has 8 heterocycles. The van der Waals surface area contributed by atoms with Crippen LogP contribution in [0.4, 0.5) is 0 Å². The van der Waals surface area contributed by atoms with Crippen LogP contribution >= 0.6 is 0 Å². The van der Waals surface area contributed by atoms with Crippen molar-refractivity contribution in [2.24, 2.45) is 0 Å². The molecular formula is C96H68B3N9O6. The van der Waals surface area contributed by atoms with Gasteiger partial charge in [-0.2, -0.15) is 0 Å². The average Bonchev–Trinajstić information content (AvgIpc) is 1.59. The van der Waals surface area contributed by atoms with Gasteiger partial charge in [0.15, 0.2) is 5.82 Å². The predicted octanol–water partition coefficient (Wildman–Crippen LogP) is 17.1. The molecule has 0 fully saturated rings. The summed E-state index contributed by atoms with van der Waals surface area (Å²) in [4.78, 5) is 28.7. The lowest BCUT2D eigenvalue weighted by Gasteiger charge is -2.12. The Labute approximate surface area is 656 Å². The lowest BCUT2D eigenvalue weighted by molar-refractivity contribution is 0.425. The smallest absolute Gasteiger partial charge is 0.423 e. The summed E-state index contributed by atoms with van der Waals surface area (Å²) in [6.45, 7) is 0. The summed E-state index contributed by atoms with van der Waals surface area (Å²) in [7, 11) is -4.68. The molecule has 0 radical (unpaired) electrons. The van der Waals surface area contributed by atoms with Gasteiger partial charge in [-0.25, -0.2) is 19.9 Å². The zero-order chi connectivity index (χ0) is 77.2. The highest BCUT2D eigenvalue weighted by atomic mass is 16.4. The molecule has 0 saturated heterocycles. The number of aromatic nitrogens is 9. The van der Waals surface area contributed by atoms with Gasteiger partial charge in [0.25, 0.3) is 0 Å². The van der Waals surface area contributed by atoms with Crippen molar-refractivity contribution in [3.63, 3.8) is 0 Å². The summed E-state index contributed by atoms with van der Waals surface area (Å²) in [5, 5.41) is 65.8. The fourth-order valence-electron chi connectivity index (χ4n) is 15.4. The van der Waals surface area contributed by atoms with Gasteiger partial charge in [0.2, 0.25) is 0 Å². The molecule has 0 unspecified atom stereocenters. The zero-order valence-electron chi connectivity index (χ0n) is 61.2. The zero-order valence-corrected chi connectivity index (χ0v) is 61.2. The second-order valence-corrected chi connectivity index (χ2v) is 27.6. The van der Waals surface area contributed by atoms with Gasteiger partial charge in [-0.05, 0) is 143 Å². The number of hydrogen-bond acceptors (Lipinski definition) is 12. The van der Waals surface area contributed by atoms with E-state index in [1.54, 1.807) is 30.6 Å². The largest absolute Gasteiger partial charge is 0.489 e. The van der Waals surface area contributed by atoms with Gasteiger partial charge >= 0.3 is 21.4 Å². The van der Waals surface area contributed by atoms with E-state index in [0.717, 1.165) is 167 Å². The minimum atomic E-state index is -1.58. The Kier molecular flexibility index (Phi) is 19.5. The standard InChI is InChI=1S/C35H25BN2O2.C34H24BN3O2.C27H19BN4O2/c39-36(40)30-15-9-17-34-35(30)29-14-7-8-16-33(29)38(34)28-20-18-24(19-21-28)27-22-31(25-10-3-1-4-11-25)37-32(23-27)26-12-5-2-6-13-26;39-35(40)28-15-9-17-32-33(28)27-14-7-8-16-31(27)38(32)26-20-18-24(19-21-26)30-22-29(23-10-3-1-4-11-23)36-34(37-30)25-12-5-2-6-13-25;33-28(34)20-9-7-13-26-27(20)19-8-1-2-12-25(19)32(26)18-16-23(21-10-3-5-14-29-21)31-24(17-18)22-11-4-6-15-30-22/h1-23,39-40H;1-22,39-40H;1-17,33-34H. The van der Waals surface area contributed by atoms with Crippen LogP contribution < -0.4 is 16.4 Å². The third-order valence-electron chi connectivity index (χ3n) is 20.6. The van der Waals surface area contributed by atoms with Crippen molar-refractivity contribution in [1.82, 2.24) is 43.6 Å². The molecule has 8 aromatic heterocycles. The van der Waals surface area contributed by atoms with E-state index in [9.17, 15) is 30.1 Å². The number of hydrogen-bond donors (Lipinski definition) is 6. The fraction of sp³-hybridized carbons (Fsp3) is 0. The Balaban J connectivity index is 0.000000119. The van der Waals surface area contributed by atoms with E-state index in [0.29, 0.717) is 22.2 Å². The molecule has 15 nitrogen and oxygen atoms in total. The first-order chi connectivity index (χ1) is 56.0. The topological polar surface area (TPSA) is 214 Å². The lowest BCUT2D eigenvalue weighted by Crippen LogP contribution is -2.30. The van der Waals surface area contributed by atoms with Crippen LogP contribution in [0.3, 0.4) is 0 Å². The monoisotopic (exact) mass is 1480 g/mol. The summed E-state index contributed by atoms with van der Waals surface area (Å²) in [6.07, 6.45) is 3.50. The normalized spacial score (nSPS) is 11.2. The van der Waals surface area contributed by atoms with Crippen LogP contribution in [0.25, 0.3) is 173 Å². The molecular weight excluding hydrogens is 1410 g/mol. The quantitative estimate of drug-likeness (QED) is 0.0561. The van der Waals surface area contributed by atoms with E-state index in [4.69, 9.17) is 19.9 Å². The molecule has 0 aliphatic carbocycles. The lowest BCUT2D eigenvalue weighted by atomic mass is 9.77. The van der Waals surface area contributed by atoms with E-state index >= 15 is 0 Å². The van der Waals surface area contributed by atoms with E-state index < -0.39 is 21.4 Å². The highest BCUT2D eigenvalue weighted by Gasteiger charge is 2.26. The molecule has 6 N–H and O–H groups in total. The van der Waals surface area contributed by atoms with Crippen LogP contribution in [0, 0.1) is 0 Å². The summed E-state index contributed by atoms with van der Waals surface area (Å²) in [5.74, 6) is 0.679. The van der Waals surface area contributed by atoms with Crippen LogP contribution in [0.2, 0.25) is 0 Å². The predicted molar refractivity (Wildman–Crippen MR) is 462 cm³/mol. The Hall–Kier alpha value is -14.3. The van der Waals surface area contributed by atoms with Gasteiger partial charge in [0.05, 0.1) is 84.3 Å². The fourth-order valence-corrected chi connectivity index (χ4v) is 15.4. The Bertz CT molecular complexity index is 6420. The maximum Gasteiger partial charge on any atom is 0.489 e. The molecule has 0 bridgehead atoms. The first-order valence-corrected chi connectivity index (χ1v) is 37.4. The van der Waals surface area contributed by atoms with E-state index in [2.05, 4.69) is 133 Å². The molecule has 0 saturated carbocycles. The molecule has 0 aliphatic rings. The summed E-state index contributed by atoms with van der Waals surface area (Å²) in [6, 6.07) is 120. The second-order valence-electron chi connectivity index (χ2n) is 27.6. The first kappa shape index (κ1) is 71.3. The van der Waals surface area contributed by atoms with Crippen LogP contribution in [0.15, 0.2) is 376 Å². The molecule has 20 rings (SSSR count). The van der Waals surface area contributed by atoms with Crippen molar-refractivity contribution in [3.8, 4) is 107 Å². The second kappa shape index (κ2) is 31.2. The Morgan fingerprint density at radius 2 is 0.509 bits per heavy atom. The summed E-state index contributed by atoms with van der Waals surface area (Å²) < 4.78 is 6.46. The van der Waals surface area contributed by atoms with Crippen molar-refractivity contribution in [3.05, 3.63) is 376 Å². The van der Waals surface area contributed by atoms with Crippen molar-refractivity contribution in [2.45, 2.75) is 0 Å². The molecule has 0 atom stereocenters. The molecule has 20 aromatic rings. The van der Waals surface area contributed by atoms with Gasteiger partial charge in [0.1, 0.15) is 0 Å². The van der Waals surface area contributed by atoms with Gasteiger partial charge in [0, 0.05) is 83.9 Å². The van der Waals surface area contributed by atoms with Crippen molar-refractivity contribution in [2.75, 3.05) is 0 Å². The molecule has 0 aliphatic heterocycles. The average molecular weight is 1480 g/mol. The van der Waals surface area contributed by atoms with Crippen molar-refractivity contribution in [1.29, 1.82) is 0 Å². The number of rotatable bonds is 14. The van der Waals surface area contributed by atoms with E-state index in [1.807, 2.05) is 237 Å². The minimum absolute atomic E-state index is 0.469. The highest BCUT2D eigenvalue weighted by Crippen LogP contribution is 2.39. The first-order valence-electron chi connectivity index (χ1n) is 37.4. The molecule has 12 aromatic carbocycles. The summed E-state index contributed by atoms with van der Waals surface area (Å²) in [5.41, 5.74) is 23.8. The Morgan fingerprint density at radius 1 is 0.202 bits per heavy atom. The molecule has 114 heavy (non-hydrogen) atoms. The number of para-hydroxylation sites is 3. The Morgan fingerprint density at radius 3 is 0.877 bits per heavy atom. The van der Waals surface area contributed by atoms with E-state index in [-0.39, 0.29) is 0 Å².